The number of aromatic amines is 2. The van der Waals surface area contributed by atoms with Crippen molar-refractivity contribution in [1.82, 2.24) is 40.4 Å². The number of fused-ring (bicyclic) bond motifs is 6. The fraction of sp³-hybridized carbons (Fsp3) is 0.469. The lowest BCUT2D eigenvalue weighted by atomic mass is 9.82. The number of hydrogen-bond donors (Lipinski definition) is 4. The van der Waals surface area contributed by atoms with Crippen LogP contribution in [0.2, 0.25) is 0 Å². The lowest BCUT2D eigenvalue weighted by molar-refractivity contribution is -0.136. The Morgan fingerprint density at radius 3 is 1.79 bits per heavy atom. The van der Waals surface area contributed by atoms with E-state index < -0.39 is 24.3 Å². The van der Waals surface area contributed by atoms with Crippen molar-refractivity contribution in [2.45, 2.75) is 109 Å². The first-order chi connectivity index (χ1) is 30.4. The van der Waals surface area contributed by atoms with Gasteiger partial charge in [0.1, 0.15) is 23.7 Å². The van der Waals surface area contributed by atoms with Crippen molar-refractivity contribution in [1.29, 1.82) is 0 Å². The largest absolute Gasteiger partial charge is 0.453 e. The summed E-state index contributed by atoms with van der Waals surface area (Å²) in [6, 6.07) is 17.9. The molecule has 2 saturated heterocycles. The van der Waals surface area contributed by atoms with Crippen LogP contribution < -0.4 is 10.6 Å². The van der Waals surface area contributed by atoms with Crippen molar-refractivity contribution in [3.8, 4) is 33.5 Å². The van der Waals surface area contributed by atoms with Crippen LogP contribution in [0, 0.1) is 11.8 Å². The molecule has 4 N–H and O–H groups in total. The number of ether oxygens (including phenoxy) is 2. The SMILES string of the molecule is COC(=O)N[C@H](C(=O)N1CCC[C@H]1c1ncc(-c2ccc(-c3ccc(-c4ccc5nc([C@@H]6CCCN6C(=O)[C@@H](NC(=O)OC)C(C)C)[nH]c5c4)cc3)c3c2C2CCC3C2)[nH]1)C(C)C. The Labute approximate surface area is 367 Å². The maximum absolute atomic E-state index is 13.8. The van der Waals surface area contributed by atoms with Gasteiger partial charge in [-0.25, -0.2) is 19.6 Å². The molecule has 4 aliphatic rings. The summed E-state index contributed by atoms with van der Waals surface area (Å²) in [4.78, 5) is 72.3. The van der Waals surface area contributed by atoms with Gasteiger partial charge in [0.05, 0.1) is 49.2 Å². The topological polar surface area (TPSA) is 175 Å². The maximum Gasteiger partial charge on any atom is 0.407 e. The molecule has 5 aromatic rings. The number of benzene rings is 3. The molecule has 2 aliphatic heterocycles. The molecule has 2 aromatic heterocycles. The second kappa shape index (κ2) is 17.2. The molecule has 6 atom stereocenters. The van der Waals surface area contributed by atoms with Crippen molar-refractivity contribution in [2.75, 3.05) is 27.3 Å². The highest BCUT2D eigenvalue weighted by atomic mass is 16.5. The van der Waals surface area contributed by atoms with Crippen molar-refractivity contribution in [3.05, 3.63) is 83.6 Å². The van der Waals surface area contributed by atoms with E-state index in [-0.39, 0.29) is 35.7 Å². The molecule has 2 aliphatic carbocycles. The van der Waals surface area contributed by atoms with Gasteiger partial charge in [0.2, 0.25) is 11.8 Å². The van der Waals surface area contributed by atoms with Crippen LogP contribution in [0.25, 0.3) is 44.5 Å². The van der Waals surface area contributed by atoms with Gasteiger partial charge in [-0.1, -0.05) is 70.2 Å². The molecular weight excluding hydrogens is 797 g/mol. The Kier molecular flexibility index (Phi) is 11.5. The van der Waals surface area contributed by atoms with Crippen LogP contribution in [0.1, 0.15) is 119 Å². The number of carbonyl (C=O) groups excluding carboxylic acids is 4. The first-order valence-electron chi connectivity index (χ1n) is 22.6. The molecule has 3 fully saturated rings. The van der Waals surface area contributed by atoms with E-state index in [4.69, 9.17) is 19.4 Å². The Balaban J connectivity index is 0.943. The number of aromatic nitrogens is 4. The van der Waals surface area contributed by atoms with E-state index >= 15 is 0 Å². The number of likely N-dealkylation sites (tertiary alicyclic amines) is 2. The normalized spacial score (nSPS) is 21.3. The number of nitrogens with zero attached hydrogens (tertiary/aromatic N) is 4. The van der Waals surface area contributed by atoms with Gasteiger partial charge in [0.15, 0.2) is 0 Å². The van der Waals surface area contributed by atoms with Crippen molar-refractivity contribution in [3.63, 3.8) is 0 Å². The summed E-state index contributed by atoms with van der Waals surface area (Å²) in [6.07, 6.45) is 7.54. The van der Waals surface area contributed by atoms with Crippen LogP contribution in [-0.4, -0.2) is 93.1 Å². The molecule has 1 saturated carbocycles. The molecule has 63 heavy (non-hydrogen) atoms. The van der Waals surface area contributed by atoms with Crippen LogP contribution in [-0.2, 0) is 19.1 Å². The van der Waals surface area contributed by atoms with Gasteiger partial charge in [-0.3, -0.25) is 9.59 Å². The second-order valence-corrected chi connectivity index (χ2v) is 18.4. The number of carbonyl (C=O) groups is 4. The van der Waals surface area contributed by atoms with E-state index in [1.54, 1.807) is 0 Å². The van der Waals surface area contributed by atoms with Gasteiger partial charge in [0, 0.05) is 18.7 Å². The smallest absolute Gasteiger partial charge is 0.407 e. The van der Waals surface area contributed by atoms with Crippen molar-refractivity contribution < 1.29 is 28.7 Å². The van der Waals surface area contributed by atoms with Crippen LogP contribution >= 0.6 is 0 Å². The fourth-order valence-corrected chi connectivity index (χ4v) is 10.7. The Morgan fingerprint density at radius 2 is 1.21 bits per heavy atom. The molecule has 330 valence electrons. The molecule has 2 unspecified atom stereocenters. The van der Waals surface area contributed by atoms with Gasteiger partial charge in [-0.05, 0) is 114 Å². The molecule has 14 nitrogen and oxygen atoms in total. The van der Waals surface area contributed by atoms with Gasteiger partial charge in [0.25, 0.3) is 0 Å². The average Bonchev–Trinajstić information content (AvgIpc) is 4.16. The summed E-state index contributed by atoms with van der Waals surface area (Å²) in [7, 11) is 2.61. The third-order valence-corrected chi connectivity index (χ3v) is 13.9. The molecule has 2 bridgehead atoms. The number of imidazole rings is 2. The average molecular weight is 855 g/mol. The molecule has 0 spiro atoms. The van der Waals surface area contributed by atoms with Crippen molar-refractivity contribution >= 4 is 35.0 Å². The highest BCUT2D eigenvalue weighted by molar-refractivity contribution is 5.88. The van der Waals surface area contributed by atoms with Crippen LogP contribution in [0.5, 0.6) is 0 Å². The Hall–Kier alpha value is -6.18. The second-order valence-electron chi connectivity index (χ2n) is 18.4. The molecule has 3 aromatic carbocycles. The Bertz CT molecular complexity index is 2540. The Morgan fingerprint density at radius 1 is 0.667 bits per heavy atom. The maximum atomic E-state index is 13.8. The molecular formula is C49H58N8O6. The third-order valence-electron chi connectivity index (χ3n) is 13.9. The number of hydrogen-bond acceptors (Lipinski definition) is 8. The van der Waals surface area contributed by atoms with Crippen LogP contribution in [0.4, 0.5) is 9.59 Å². The standard InChI is InChI=1S/C49H58N8O6/c1-26(2)42(54-48(60)62-5)46(58)56-21-7-9-38(56)44-50-25-37(53-44)34-19-18-33(40-31-15-16-32(23-31)41(34)40)29-13-11-28(12-14-29)30-17-20-35-36(24-30)52-45(51-35)39-10-8-22-57(39)47(59)43(27(3)4)55-49(61)63-6/h11-14,17-20,24-27,31-32,38-39,42-43H,7-10,15-16,21-23H2,1-6H3,(H,50,53)(H,51,52)(H,54,60)(H,55,61)/t31?,32?,38-,39-,42-,43-/m0/s1. The monoisotopic (exact) mass is 854 g/mol. The summed E-state index contributed by atoms with van der Waals surface area (Å²) in [6.45, 7) is 8.89. The van der Waals surface area contributed by atoms with E-state index in [2.05, 4.69) is 69.1 Å². The van der Waals surface area contributed by atoms with Gasteiger partial charge >= 0.3 is 12.2 Å². The number of nitrogens with one attached hydrogen (secondary N) is 4. The zero-order chi connectivity index (χ0) is 44.1. The van der Waals surface area contributed by atoms with E-state index in [0.29, 0.717) is 24.9 Å². The molecule has 4 amide bonds. The fourth-order valence-electron chi connectivity index (χ4n) is 10.7. The minimum absolute atomic E-state index is 0.101. The van der Waals surface area contributed by atoms with Gasteiger partial charge < -0.3 is 39.9 Å². The molecule has 4 heterocycles. The minimum Gasteiger partial charge on any atom is -0.453 e. The summed E-state index contributed by atoms with van der Waals surface area (Å²) in [5.41, 5.74) is 11.4. The number of rotatable bonds is 11. The predicted molar refractivity (Wildman–Crippen MR) is 240 cm³/mol. The lowest BCUT2D eigenvalue weighted by Gasteiger charge is -2.30. The number of amides is 4. The van der Waals surface area contributed by atoms with E-state index in [0.717, 1.165) is 71.6 Å². The number of methoxy groups -OCH3 is 2. The summed E-state index contributed by atoms with van der Waals surface area (Å²) in [5, 5.41) is 5.47. The van der Waals surface area contributed by atoms with E-state index in [1.807, 2.05) is 49.8 Å². The quantitative estimate of drug-likeness (QED) is 0.102. The first kappa shape index (κ1) is 42.1. The number of alkyl carbamates (subject to hydrolysis) is 2. The molecule has 9 rings (SSSR count). The summed E-state index contributed by atoms with van der Waals surface area (Å²) in [5.74, 6) is 2.10. The van der Waals surface area contributed by atoms with Gasteiger partial charge in [-0.2, -0.15) is 0 Å². The summed E-state index contributed by atoms with van der Waals surface area (Å²) >= 11 is 0. The zero-order valence-electron chi connectivity index (χ0n) is 37.0. The predicted octanol–water partition coefficient (Wildman–Crippen LogP) is 8.74. The minimum atomic E-state index is -0.688. The van der Waals surface area contributed by atoms with Crippen LogP contribution in [0.3, 0.4) is 0 Å². The molecule has 0 radical (unpaired) electrons. The van der Waals surface area contributed by atoms with Gasteiger partial charge in [-0.15, -0.1) is 0 Å². The highest BCUT2D eigenvalue weighted by Gasteiger charge is 2.42. The molecule has 14 heteroatoms. The van der Waals surface area contributed by atoms with E-state index in [1.165, 1.54) is 54.9 Å². The van der Waals surface area contributed by atoms with Crippen LogP contribution in [0.15, 0.2) is 60.8 Å². The number of H-pyrrole nitrogens is 2. The third kappa shape index (κ3) is 7.82. The van der Waals surface area contributed by atoms with E-state index in [9.17, 15) is 19.2 Å². The summed E-state index contributed by atoms with van der Waals surface area (Å²) < 4.78 is 9.62. The zero-order valence-corrected chi connectivity index (χ0v) is 37.0. The highest BCUT2D eigenvalue weighted by Crippen LogP contribution is 2.58. The first-order valence-corrected chi connectivity index (χ1v) is 22.6. The van der Waals surface area contributed by atoms with Crippen molar-refractivity contribution in [2.24, 2.45) is 11.8 Å². The lowest BCUT2D eigenvalue weighted by Crippen LogP contribution is -2.51.